The van der Waals surface area contributed by atoms with Gasteiger partial charge in [-0.1, -0.05) is 27.7 Å². The van der Waals surface area contributed by atoms with Crippen LogP contribution in [0.2, 0.25) is 0 Å². The molecule has 5 nitrogen and oxygen atoms in total. The summed E-state index contributed by atoms with van der Waals surface area (Å²) in [6, 6.07) is 0. The van der Waals surface area contributed by atoms with Crippen LogP contribution < -0.4 is 10.6 Å². The molecule has 106 valence electrons. The van der Waals surface area contributed by atoms with Gasteiger partial charge in [0.2, 0.25) is 5.95 Å². The Hall–Kier alpha value is -1.65. The van der Waals surface area contributed by atoms with Crippen LogP contribution in [0.4, 0.5) is 5.95 Å². The molecule has 1 aromatic rings. The molecule has 0 aliphatic rings. The van der Waals surface area contributed by atoms with Crippen molar-refractivity contribution in [2.45, 2.75) is 34.1 Å². The molecule has 1 amide bonds. The molecule has 0 radical (unpaired) electrons. The van der Waals surface area contributed by atoms with Crippen LogP contribution in [0, 0.1) is 11.8 Å². The number of hydrogen-bond acceptors (Lipinski definition) is 4. The Kier molecular flexibility index (Phi) is 6.25. The quantitative estimate of drug-likeness (QED) is 0.793. The first kappa shape index (κ1) is 15.4. The molecule has 0 spiro atoms. The fourth-order valence-corrected chi connectivity index (χ4v) is 1.41. The fraction of sp³-hybridized carbons (Fsp3) is 0.643. The Balaban J connectivity index is 2.44. The van der Waals surface area contributed by atoms with Gasteiger partial charge in [-0.05, 0) is 18.3 Å². The Morgan fingerprint density at radius 2 is 1.79 bits per heavy atom. The van der Waals surface area contributed by atoms with Gasteiger partial charge in [0, 0.05) is 25.5 Å². The third-order valence-corrected chi connectivity index (χ3v) is 2.59. The van der Waals surface area contributed by atoms with Gasteiger partial charge in [0.25, 0.3) is 5.91 Å². The normalized spacial score (nSPS) is 10.8. The first-order valence-electron chi connectivity index (χ1n) is 6.83. The van der Waals surface area contributed by atoms with E-state index in [1.54, 1.807) is 12.4 Å². The number of carbonyl (C=O) groups excluding carboxylic acids is 1. The van der Waals surface area contributed by atoms with Gasteiger partial charge < -0.3 is 10.6 Å². The maximum absolute atomic E-state index is 11.8. The summed E-state index contributed by atoms with van der Waals surface area (Å²) in [7, 11) is 0. The zero-order valence-electron chi connectivity index (χ0n) is 12.2. The number of nitrogens with zero attached hydrogens (tertiary/aromatic N) is 2. The molecule has 19 heavy (non-hydrogen) atoms. The molecule has 0 saturated heterocycles. The Labute approximate surface area is 115 Å². The number of hydrogen-bond donors (Lipinski definition) is 2. The van der Waals surface area contributed by atoms with Crippen LogP contribution in [0.15, 0.2) is 12.4 Å². The molecule has 0 aliphatic carbocycles. The van der Waals surface area contributed by atoms with Crippen molar-refractivity contribution in [2.75, 3.05) is 18.4 Å². The van der Waals surface area contributed by atoms with Gasteiger partial charge in [0.1, 0.15) is 0 Å². The van der Waals surface area contributed by atoms with Crippen molar-refractivity contribution < 1.29 is 4.79 Å². The summed E-state index contributed by atoms with van der Waals surface area (Å²) in [6.45, 7) is 9.99. The standard InChI is InChI=1S/C14H24N4O/c1-10(2)5-6-15-13(19)12-8-17-14(18-9-12)16-7-11(3)4/h8-11H,5-7H2,1-4H3,(H,15,19)(H,16,17,18). The highest BCUT2D eigenvalue weighted by Crippen LogP contribution is 2.02. The molecule has 5 heteroatoms. The second kappa shape index (κ2) is 7.71. The van der Waals surface area contributed by atoms with E-state index in [2.05, 4.69) is 48.3 Å². The van der Waals surface area contributed by atoms with Crippen molar-refractivity contribution in [1.82, 2.24) is 15.3 Å². The minimum atomic E-state index is -0.115. The van der Waals surface area contributed by atoms with Crippen LogP contribution in [0.5, 0.6) is 0 Å². The number of nitrogens with one attached hydrogen (secondary N) is 2. The molecule has 0 bridgehead atoms. The molecular weight excluding hydrogens is 240 g/mol. The van der Waals surface area contributed by atoms with Crippen LogP contribution >= 0.6 is 0 Å². The largest absolute Gasteiger partial charge is 0.354 e. The van der Waals surface area contributed by atoms with E-state index in [0.29, 0.717) is 29.9 Å². The van der Waals surface area contributed by atoms with E-state index in [1.807, 2.05) is 0 Å². The maximum Gasteiger partial charge on any atom is 0.254 e. The molecule has 0 atom stereocenters. The molecule has 0 aromatic carbocycles. The summed E-state index contributed by atoms with van der Waals surface area (Å²) < 4.78 is 0. The lowest BCUT2D eigenvalue weighted by molar-refractivity contribution is 0.0951. The molecule has 1 rings (SSSR count). The van der Waals surface area contributed by atoms with E-state index in [9.17, 15) is 4.79 Å². The zero-order valence-corrected chi connectivity index (χ0v) is 12.2. The number of anilines is 1. The van der Waals surface area contributed by atoms with Crippen molar-refractivity contribution in [3.8, 4) is 0 Å². The summed E-state index contributed by atoms with van der Waals surface area (Å²) in [5, 5.41) is 5.98. The van der Waals surface area contributed by atoms with Crippen LogP contribution in [-0.4, -0.2) is 29.0 Å². The second-order valence-corrected chi connectivity index (χ2v) is 5.51. The third kappa shape index (κ3) is 6.18. The van der Waals surface area contributed by atoms with E-state index >= 15 is 0 Å². The minimum Gasteiger partial charge on any atom is -0.354 e. The lowest BCUT2D eigenvalue weighted by atomic mass is 10.1. The molecular formula is C14H24N4O. The highest BCUT2D eigenvalue weighted by Gasteiger charge is 2.07. The zero-order chi connectivity index (χ0) is 14.3. The number of rotatable bonds is 7. The molecule has 0 fully saturated rings. The van der Waals surface area contributed by atoms with E-state index in [0.717, 1.165) is 13.0 Å². The molecule has 2 N–H and O–H groups in total. The van der Waals surface area contributed by atoms with Crippen molar-refractivity contribution in [3.05, 3.63) is 18.0 Å². The predicted molar refractivity (Wildman–Crippen MR) is 77.1 cm³/mol. The van der Waals surface area contributed by atoms with E-state index < -0.39 is 0 Å². The highest BCUT2D eigenvalue weighted by molar-refractivity contribution is 5.93. The lowest BCUT2D eigenvalue weighted by Gasteiger charge is -2.08. The summed E-state index contributed by atoms with van der Waals surface area (Å²) in [4.78, 5) is 20.1. The third-order valence-electron chi connectivity index (χ3n) is 2.59. The second-order valence-electron chi connectivity index (χ2n) is 5.51. The number of aromatic nitrogens is 2. The van der Waals surface area contributed by atoms with Crippen molar-refractivity contribution in [3.63, 3.8) is 0 Å². The monoisotopic (exact) mass is 264 g/mol. The van der Waals surface area contributed by atoms with E-state index in [1.165, 1.54) is 0 Å². The van der Waals surface area contributed by atoms with Crippen LogP contribution in [0.3, 0.4) is 0 Å². The van der Waals surface area contributed by atoms with E-state index in [4.69, 9.17) is 0 Å². The smallest absolute Gasteiger partial charge is 0.254 e. The average molecular weight is 264 g/mol. The predicted octanol–water partition coefficient (Wildman–Crippen LogP) is 2.32. The van der Waals surface area contributed by atoms with Crippen LogP contribution in [0.1, 0.15) is 44.5 Å². The Morgan fingerprint density at radius 1 is 1.16 bits per heavy atom. The van der Waals surface area contributed by atoms with Gasteiger partial charge in [-0.25, -0.2) is 9.97 Å². The van der Waals surface area contributed by atoms with Gasteiger partial charge in [-0.15, -0.1) is 0 Å². The number of amides is 1. The minimum absolute atomic E-state index is 0.115. The topological polar surface area (TPSA) is 66.9 Å². The summed E-state index contributed by atoms with van der Waals surface area (Å²) in [5.74, 6) is 1.56. The van der Waals surface area contributed by atoms with Crippen LogP contribution in [0.25, 0.3) is 0 Å². The van der Waals surface area contributed by atoms with E-state index in [-0.39, 0.29) is 5.91 Å². The summed E-state index contributed by atoms with van der Waals surface area (Å²) >= 11 is 0. The van der Waals surface area contributed by atoms with Crippen molar-refractivity contribution in [1.29, 1.82) is 0 Å². The highest BCUT2D eigenvalue weighted by atomic mass is 16.1. The summed E-state index contributed by atoms with van der Waals surface area (Å²) in [5.41, 5.74) is 0.499. The van der Waals surface area contributed by atoms with Gasteiger partial charge in [0.15, 0.2) is 0 Å². The molecule has 0 saturated carbocycles. The Bertz CT molecular complexity index is 387. The maximum atomic E-state index is 11.8. The lowest BCUT2D eigenvalue weighted by Crippen LogP contribution is -2.25. The van der Waals surface area contributed by atoms with Gasteiger partial charge in [-0.2, -0.15) is 0 Å². The van der Waals surface area contributed by atoms with Crippen molar-refractivity contribution >= 4 is 11.9 Å². The van der Waals surface area contributed by atoms with Gasteiger partial charge in [0.05, 0.1) is 5.56 Å². The fourth-order valence-electron chi connectivity index (χ4n) is 1.41. The molecule has 1 heterocycles. The van der Waals surface area contributed by atoms with Gasteiger partial charge in [-0.3, -0.25) is 4.79 Å². The average Bonchev–Trinajstić information content (AvgIpc) is 2.36. The first-order chi connectivity index (χ1) is 8.99. The van der Waals surface area contributed by atoms with Gasteiger partial charge >= 0.3 is 0 Å². The SMILES string of the molecule is CC(C)CCNC(=O)c1cnc(NCC(C)C)nc1. The first-order valence-corrected chi connectivity index (χ1v) is 6.83. The number of carbonyl (C=O) groups is 1. The van der Waals surface area contributed by atoms with Crippen molar-refractivity contribution in [2.24, 2.45) is 11.8 Å². The molecule has 1 aromatic heterocycles. The van der Waals surface area contributed by atoms with Crippen LogP contribution in [-0.2, 0) is 0 Å². The molecule has 0 aliphatic heterocycles. The molecule has 0 unspecified atom stereocenters. The Morgan fingerprint density at radius 3 is 2.32 bits per heavy atom. The summed E-state index contributed by atoms with van der Waals surface area (Å²) in [6.07, 6.45) is 4.08.